The number of halogens is 2. The van der Waals surface area contributed by atoms with Gasteiger partial charge in [0.1, 0.15) is 0 Å². The lowest BCUT2D eigenvalue weighted by Crippen LogP contribution is -2.57. The fourth-order valence-electron chi connectivity index (χ4n) is 1.37. The van der Waals surface area contributed by atoms with Gasteiger partial charge in [-0.25, -0.2) is 9.37 Å². The highest BCUT2D eigenvalue weighted by molar-refractivity contribution is 5.95. The van der Waals surface area contributed by atoms with Crippen molar-refractivity contribution in [3.63, 3.8) is 0 Å². The van der Waals surface area contributed by atoms with Gasteiger partial charge >= 0.3 is 5.97 Å². The van der Waals surface area contributed by atoms with E-state index in [2.05, 4.69) is 10.3 Å². The number of nitrogens with one attached hydrogen (secondary N) is 1. The Balaban J connectivity index is 3.07. The zero-order valence-corrected chi connectivity index (χ0v) is 11.6. The molecule has 0 unspecified atom stereocenters. The minimum atomic E-state index is -1.38. The summed E-state index contributed by atoms with van der Waals surface area (Å²) in [4.78, 5) is 26.3. The summed E-state index contributed by atoms with van der Waals surface area (Å²) >= 11 is 0. The van der Waals surface area contributed by atoms with Crippen molar-refractivity contribution in [3.05, 3.63) is 29.6 Å². The molecule has 2 N–H and O–H groups in total. The maximum Gasteiger partial charge on any atom is 0.311 e. The van der Waals surface area contributed by atoms with Crippen LogP contribution >= 0.6 is 0 Å². The second-order valence-corrected chi connectivity index (χ2v) is 5.47. The van der Waals surface area contributed by atoms with Crippen molar-refractivity contribution < 1.29 is 23.5 Å². The number of nitrogens with zero attached hydrogens (tertiary/aromatic N) is 1. The average molecular weight is 286 g/mol. The van der Waals surface area contributed by atoms with Gasteiger partial charge in [0, 0.05) is 6.20 Å². The van der Waals surface area contributed by atoms with E-state index >= 15 is 0 Å². The molecule has 5 nitrogen and oxygen atoms in total. The highest BCUT2D eigenvalue weighted by Gasteiger charge is 2.44. The van der Waals surface area contributed by atoms with Crippen molar-refractivity contribution in [1.82, 2.24) is 10.3 Å². The second-order valence-electron chi connectivity index (χ2n) is 5.47. The van der Waals surface area contributed by atoms with E-state index < -0.39 is 40.2 Å². The second kappa shape index (κ2) is 5.15. The zero-order chi connectivity index (χ0) is 15.7. The van der Waals surface area contributed by atoms with Crippen molar-refractivity contribution in [2.45, 2.75) is 33.2 Å². The first-order chi connectivity index (χ1) is 9.00. The van der Waals surface area contributed by atoms with E-state index in [1.807, 2.05) is 0 Å². The number of hydrogen-bond donors (Lipinski definition) is 2. The number of hydrogen-bond acceptors (Lipinski definition) is 3. The van der Waals surface area contributed by atoms with E-state index in [-0.39, 0.29) is 0 Å². The number of carbonyl (C=O) groups is 2. The van der Waals surface area contributed by atoms with Gasteiger partial charge in [0.05, 0.1) is 16.5 Å². The summed E-state index contributed by atoms with van der Waals surface area (Å²) in [6.07, 6.45) is 0.961. The molecule has 1 amide bonds. The van der Waals surface area contributed by atoms with Crippen LogP contribution in [-0.4, -0.2) is 27.5 Å². The van der Waals surface area contributed by atoms with Crippen molar-refractivity contribution >= 4 is 11.9 Å². The molecular formula is C13H16F2N2O3. The Hall–Kier alpha value is -2.05. The van der Waals surface area contributed by atoms with Gasteiger partial charge in [-0.15, -0.1) is 0 Å². The lowest BCUT2D eigenvalue weighted by molar-refractivity contribution is -0.150. The van der Waals surface area contributed by atoms with Crippen LogP contribution in [0.2, 0.25) is 0 Å². The van der Waals surface area contributed by atoms with E-state index in [4.69, 9.17) is 5.11 Å². The number of aromatic nitrogens is 1. The van der Waals surface area contributed by atoms with Gasteiger partial charge in [0.15, 0.2) is 5.82 Å². The molecule has 0 aliphatic heterocycles. The molecule has 0 spiro atoms. The first-order valence-corrected chi connectivity index (χ1v) is 5.86. The van der Waals surface area contributed by atoms with Crippen molar-refractivity contribution in [1.29, 1.82) is 0 Å². The fourth-order valence-corrected chi connectivity index (χ4v) is 1.37. The van der Waals surface area contributed by atoms with E-state index in [0.29, 0.717) is 0 Å². The van der Waals surface area contributed by atoms with Gasteiger partial charge in [-0.1, -0.05) is 0 Å². The summed E-state index contributed by atoms with van der Waals surface area (Å²) in [5, 5.41) is 11.6. The Morgan fingerprint density at radius 3 is 2.30 bits per heavy atom. The lowest BCUT2D eigenvalue weighted by atomic mass is 9.74. The normalized spacial score (nSPS) is 12.1. The molecule has 1 heterocycles. The molecule has 7 heteroatoms. The molecule has 0 aliphatic carbocycles. The van der Waals surface area contributed by atoms with Crippen LogP contribution < -0.4 is 5.32 Å². The third-order valence-electron chi connectivity index (χ3n) is 3.61. The van der Waals surface area contributed by atoms with Crippen LogP contribution in [0.15, 0.2) is 12.3 Å². The number of carbonyl (C=O) groups excluding carboxylic acids is 1. The van der Waals surface area contributed by atoms with Crippen molar-refractivity contribution in [2.75, 3.05) is 0 Å². The zero-order valence-electron chi connectivity index (χ0n) is 11.6. The molecule has 0 atom stereocenters. The van der Waals surface area contributed by atoms with Crippen LogP contribution in [0.4, 0.5) is 8.78 Å². The van der Waals surface area contributed by atoms with E-state index in [1.165, 1.54) is 27.7 Å². The first kappa shape index (κ1) is 16.0. The molecule has 1 aromatic heterocycles. The van der Waals surface area contributed by atoms with Crippen LogP contribution in [0.5, 0.6) is 0 Å². The summed E-state index contributed by atoms with van der Waals surface area (Å²) in [5.74, 6) is -4.77. The quantitative estimate of drug-likeness (QED) is 0.829. The standard InChI is InChI=1S/C13H16F2N2O3/c1-12(2,11(19)20)13(3,4)17-10(18)7-5-6-16-9(15)8(7)14/h5-6H,1-4H3,(H,17,18)(H,19,20). The topological polar surface area (TPSA) is 79.3 Å². The number of pyridine rings is 1. The molecule has 1 rings (SSSR count). The molecule has 0 aliphatic rings. The van der Waals surface area contributed by atoms with Gasteiger partial charge in [0.25, 0.3) is 5.91 Å². The minimum absolute atomic E-state index is 0.522. The molecule has 20 heavy (non-hydrogen) atoms. The Kier molecular flexibility index (Phi) is 4.12. The Labute approximate surface area is 115 Å². The van der Waals surface area contributed by atoms with Gasteiger partial charge < -0.3 is 10.4 Å². The summed E-state index contributed by atoms with van der Waals surface area (Å²) < 4.78 is 26.4. The van der Waals surface area contributed by atoms with Crippen LogP contribution in [0.1, 0.15) is 38.1 Å². The van der Waals surface area contributed by atoms with Crippen LogP contribution in [0.3, 0.4) is 0 Å². The maximum atomic E-state index is 13.5. The Bertz CT molecular complexity index is 557. The SMILES string of the molecule is CC(C)(NC(=O)c1ccnc(F)c1F)C(C)(C)C(=O)O. The smallest absolute Gasteiger partial charge is 0.311 e. The predicted octanol–water partition coefficient (Wildman–Crippen LogP) is 1.98. The van der Waals surface area contributed by atoms with E-state index in [1.54, 1.807) is 0 Å². The molecule has 110 valence electrons. The minimum Gasteiger partial charge on any atom is -0.481 e. The van der Waals surface area contributed by atoms with Gasteiger partial charge in [-0.2, -0.15) is 4.39 Å². The van der Waals surface area contributed by atoms with Crippen molar-refractivity contribution in [2.24, 2.45) is 5.41 Å². The Morgan fingerprint density at radius 1 is 1.25 bits per heavy atom. The van der Waals surface area contributed by atoms with Crippen LogP contribution in [-0.2, 0) is 4.79 Å². The lowest BCUT2D eigenvalue weighted by Gasteiger charge is -2.38. The summed E-state index contributed by atoms with van der Waals surface area (Å²) in [5.41, 5.74) is -3.00. The van der Waals surface area contributed by atoms with Crippen LogP contribution in [0.25, 0.3) is 0 Å². The van der Waals surface area contributed by atoms with E-state index in [0.717, 1.165) is 12.3 Å². The number of rotatable bonds is 4. The summed E-state index contributed by atoms with van der Waals surface area (Å²) in [6, 6.07) is 1.03. The molecule has 0 bridgehead atoms. The number of carboxylic acid groups (broad SMARTS) is 1. The third-order valence-corrected chi connectivity index (χ3v) is 3.61. The average Bonchev–Trinajstić information content (AvgIpc) is 2.31. The molecule has 0 saturated carbocycles. The number of aliphatic carboxylic acids is 1. The van der Waals surface area contributed by atoms with Gasteiger partial charge in [-0.3, -0.25) is 9.59 Å². The molecule has 0 radical (unpaired) electrons. The largest absolute Gasteiger partial charge is 0.481 e. The van der Waals surface area contributed by atoms with Gasteiger partial charge in [0.2, 0.25) is 5.95 Å². The molecule has 0 saturated heterocycles. The molecule has 0 fully saturated rings. The highest BCUT2D eigenvalue weighted by Crippen LogP contribution is 2.31. The first-order valence-electron chi connectivity index (χ1n) is 5.86. The molecular weight excluding hydrogens is 270 g/mol. The maximum absolute atomic E-state index is 13.5. The third kappa shape index (κ3) is 2.76. The molecule has 0 aromatic carbocycles. The monoisotopic (exact) mass is 286 g/mol. The van der Waals surface area contributed by atoms with E-state index in [9.17, 15) is 18.4 Å². The predicted molar refractivity (Wildman–Crippen MR) is 67.1 cm³/mol. The Morgan fingerprint density at radius 2 is 1.80 bits per heavy atom. The highest BCUT2D eigenvalue weighted by atomic mass is 19.2. The molecule has 1 aromatic rings. The number of carboxylic acids is 1. The van der Waals surface area contributed by atoms with Gasteiger partial charge in [-0.05, 0) is 33.8 Å². The van der Waals surface area contributed by atoms with Crippen LogP contribution in [0, 0.1) is 17.2 Å². The summed E-state index contributed by atoms with van der Waals surface area (Å²) in [6.45, 7) is 5.85. The summed E-state index contributed by atoms with van der Waals surface area (Å²) in [7, 11) is 0. The fraction of sp³-hybridized carbons (Fsp3) is 0.462. The number of amides is 1. The van der Waals surface area contributed by atoms with Crippen molar-refractivity contribution in [3.8, 4) is 0 Å².